The number of rotatable bonds is 3. The maximum absolute atomic E-state index is 11.6. The van der Waals surface area contributed by atoms with Crippen LogP contribution in [0.15, 0.2) is 0 Å². The molecule has 1 N–H and O–H groups in total. The van der Waals surface area contributed by atoms with Gasteiger partial charge in [-0.15, -0.1) is 0 Å². The molecule has 3 nitrogen and oxygen atoms in total. The molecule has 0 fully saturated rings. The normalized spacial score (nSPS) is 20.2. The summed E-state index contributed by atoms with van der Waals surface area (Å²) >= 11 is 5.93. The summed E-state index contributed by atoms with van der Waals surface area (Å²) < 4.78 is 21.6. The van der Waals surface area contributed by atoms with Gasteiger partial charge in [-0.1, -0.05) is 39.3 Å². The molecule has 0 aliphatic heterocycles. The van der Waals surface area contributed by atoms with Crippen molar-refractivity contribution >= 4 is 21.4 Å². The van der Waals surface area contributed by atoms with E-state index in [1.165, 1.54) is 13.8 Å². The first-order valence-electron chi connectivity index (χ1n) is 4.56. The number of hydrogen-bond donors (Lipinski definition) is 1. The Morgan fingerprint density at radius 3 is 1.86 bits per heavy atom. The molecule has 0 saturated heterocycles. The Morgan fingerprint density at radius 1 is 1.29 bits per heavy atom. The van der Waals surface area contributed by atoms with Gasteiger partial charge in [-0.3, -0.25) is 0 Å². The Balaban J connectivity index is 5.18. The van der Waals surface area contributed by atoms with Crippen LogP contribution >= 0.6 is 11.6 Å². The first kappa shape index (κ1) is 14.2. The molecule has 0 aromatic rings. The topological polar surface area (TPSA) is 54.4 Å². The van der Waals surface area contributed by atoms with Crippen LogP contribution in [0.5, 0.6) is 0 Å². The predicted octanol–water partition coefficient (Wildman–Crippen LogP) is 1.78. The second kappa shape index (κ2) is 3.99. The van der Waals surface area contributed by atoms with Gasteiger partial charge in [0.05, 0.1) is 6.10 Å². The molecule has 0 aliphatic rings. The molecular formula is C9H19ClO3S. The van der Waals surface area contributed by atoms with Crippen LogP contribution in [-0.2, 0) is 9.84 Å². The largest absolute Gasteiger partial charge is 0.390 e. The number of alkyl halides is 1. The number of hydrogen-bond acceptors (Lipinski definition) is 3. The van der Waals surface area contributed by atoms with Crippen molar-refractivity contribution in [2.75, 3.05) is 5.75 Å². The van der Waals surface area contributed by atoms with E-state index in [1.807, 2.05) is 0 Å². The van der Waals surface area contributed by atoms with Gasteiger partial charge in [-0.2, -0.15) is 0 Å². The van der Waals surface area contributed by atoms with E-state index in [9.17, 15) is 13.5 Å². The van der Waals surface area contributed by atoms with Gasteiger partial charge in [0.15, 0.2) is 14.0 Å². The molecule has 86 valence electrons. The van der Waals surface area contributed by atoms with Crippen molar-refractivity contribution < 1.29 is 13.5 Å². The molecule has 0 aromatic carbocycles. The maximum Gasteiger partial charge on any atom is 0.171 e. The zero-order valence-electron chi connectivity index (χ0n) is 9.33. The fourth-order valence-electron chi connectivity index (χ4n) is 1.23. The first-order chi connectivity index (χ1) is 5.97. The van der Waals surface area contributed by atoms with Crippen LogP contribution in [0.3, 0.4) is 0 Å². The summed E-state index contributed by atoms with van der Waals surface area (Å²) in [4.78, 5) is 0. The molecule has 0 saturated carbocycles. The van der Waals surface area contributed by atoms with Crippen molar-refractivity contribution in [1.29, 1.82) is 0 Å². The van der Waals surface area contributed by atoms with Crippen molar-refractivity contribution in [2.24, 2.45) is 5.41 Å². The van der Waals surface area contributed by atoms with Crippen molar-refractivity contribution in [3.05, 3.63) is 0 Å². The van der Waals surface area contributed by atoms with Gasteiger partial charge in [0.2, 0.25) is 0 Å². The van der Waals surface area contributed by atoms with E-state index in [1.54, 1.807) is 20.8 Å². The minimum absolute atomic E-state index is 0.0693. The molecule has 0 unspecified atom stereocenters. The fraction of sp³-hybridized carbons (Fsp3) is 1.00. The Hall–Kier alpha value is 0.200. The quantitative estimate of drug-likeness (QED) is 0.768. The van der Waals surface area contributed by atoms with E-state index < -0.39 is 25.6 Å². The standard InChI is InChI=1S/C9H19ClO3S/c1-6-14(12,13)9(5,10)7(11)8(2,3)4/h7,11H,6H2,1-5H3/t7-,9-/m0/s1. The van der Waals surface area contributed by atoms with Gasteiger partial charge >= 0.3 is 0 Å². The highest BCUT2D eigenvalue weighted by atomic mass is 35.5. The molecule has 0 aliphatic carbocycles. The van der Waals surface area contributed by atoms with E-state index in [4.69, 9.17) is 11.6 Å². The van der Waals surface area contributed by atoms with Crippen LogP contribution in [0.2, 0.25) is 0 Å². The molecule has 0 amide bonds. The Bertz CT molecular complexity index is 288. The third-order valence-electron chi connectivity index (χ3n) is 2.30. The highest BCUT2D eigenvalue weighted by Gasteiger charge is 2.47. The van der Waals surface area contributed by atoms with E-state index in [0.717, 1.165) is 0 Å². The minimum atomic E-state index is -3.46. The highest BCUT2D eigenvalue weighted by molar-refractivity contribution is 7.94. The van der Waals surface area contributed by atoms with Gasteiger partial charge in [0.1, 0.15) is 0 Å². The summed E-state index contributed by atoms with van der Waals surface area (Å²) in [5, 5.41) is 9.87. The second-order valence-corrected chi connectivity index (χ2v) is 8.32. The third kappa shape index (κ3) is 2.61. The summed E-state index contributed by atoms with van der Waals surface area (Å²) in [6, 6.07) is 0. The zero-order valence-corrected chi connectivity index (χ0v) is 10.9. The van der Waals surface area contributed by atoms with Crippen LogP contribution in [0.4, 0.5) is 0 Å². The maximum atomic E-state index is 11.6. The molecule has 0 heterocycles. The summed E-state index contributed by atoms with van der Waals surface area (Å²) in [6.07, 6.45) is -1.10. The molecule has 5 heteroatoms. The number of sulfone groups is 1. The lowest BCUT2D eigenvalue weighted by atomic mass is 9.87. The minimum Gasteiger partial charge on any atom is -0.390 e. The summed E-state index contributed by atoms with van der Waals surface area (Å²) in [7, 11) is -3.46. The van der Waals surface area contributed by atoms with Gasteiger partial charge in [-0.25, -0.2) is 8.42 Å². The SMILES string of the molecule is CCS(=O)(=O)[C@](C)(Cl)[C@@H](O)C(C)(C)C. The lowest BCUT2D eigenvalue weighted by Crippen LogP contribution is -2.49. The number of aliphatic hydroxyl groups excluding tert-OH is 1. The summed E-state index contributed by atoms with van der Waals surface area (Å²) in [6.45, 7) is 8.13. The molecule has 14 heavy (non-hydrogen) atoms. The molecule has 0 aromatic heterocycles. The fourth-order valence-corrected chi connectivity index (χ4v) is 3.14. The first-order valence-corrected chi connectivity index (χ1v) is 6.59. The number of aliphatic hydroxyl groups is 1. The predicted molar refractivity (Wildman–Crippen MR) is 59.2 cm³/mol. The Labute approximate surface area is 91.4 Å². The van der Waals surface area contributed by atoms with E-state index in [-0.39, 0.29) is 5.75 Å². The smallest absolute Gasteiger partial charge is 0.171 e. The van der Waals surface area contributed by atoms with Crippen LogP contribution in [0, 0.1) is 5.41 Å². The Morgan fingerprint density at radius 2 is 1.64 bits per heavy atom. The summed E-state index contributed by atoms with van der Waals surface area (Å²) in [5.41, 5.74) is -0.557. The van der Waals surface area contributed by atoms with Crippen LogP contribution < -0.4 is 0 Å². The van der Waals surface area contributed by atoms with Crippen molar-refractivity contribution in [2.45, 2.75) is 44.9 Å². The van der Waals surface area contributed by atoms with Gasteiger partial charge in [0.25, 0.3) is 0 Å². The Kier molecular flexibility index (Phi) is 4.04. The lowest BCUT2D eigenvalue weighted by Gasteiger charge is -2.36. The third-order valence-corrected chi connectivity index (χ3v) is 5.41. The average molecular weight is 243 g/mol. The molecular weight excluding hydrogens is 224 g/mol. The number of halogens is 1. The van der Waals surface area contributed by atoms with Crippen LogP contribution in [-0.4, -0.2) is 29.6 Å². The van der Waals surface area contributed by atoms with Gasteiger partial charge < -0.3 is 5.11 Å². The highest BCUT2D eigenvalue weighted by Crippen LogP contribution is 2.36. The average Bonchev–Trinajstić information content (AvgIpc) is 2.01. The molecule has 0 spiro atoms. The second-order valence-electron chi connectivity index (χ2n) is 4.66. The van der Waals surface area contributed by atoms with Gasteiger partial charge in [-0.05, 0) is 12.3 Å². The van der Waals surface area contributed by atoms with Crippen LogP contribution in [0.25, 0.3) is 0 Å². The van der Waals surface area contributed by atoms with Crippen molar-refractivity contribution in [3.8, 4) is 0 Å². The van der Waals surface area contributed by atoms with Crippen LogP contribution in [0.1, 0.15) is 34.6 Å². The van der Waals surface area contributed by atoms with E-state index in [2.05, 4.69) is 0 Å². The molecule has 0 rings (SSSR count). The lowest BCUT2D eigenvalue weighted by molar-refractivity contribution is 0.0522. The molecule has 0 radical (unpaired) electrons. The van der Waals surface area contributed by atoms with Crippen molar-refractivity contribution in [3.63, 3.8) is 0 Å². The zero-order chi connectivity index (χ0) is 11.8. The monoisotopic (exact) mass is 242 g/mol. The van der Waals surface area contributed by atoms with E-state index in [0.29, 0.717) is 0 Å². The van der Waals surface area contributed by atoms with E-state index >= 15 is 0 Å². The van der Waals surface area contributed by atoms with Gasteiger partial charge in [0, 0.05) is 5.75 Å². The molecule has 0 bridgehead atoms. The van der Waals surface area contributed by atoms with Crippen molar-refractivity contribution in [1.82, 2.24) is 0 Å². The molecule has 2 atom stereocenters. The summed E-state index contributed by atoms with van der Waals surface area (Å²) in [5.74, 6) is -0.0693.